The third kappa shape index (κ3) is 8.29. The van der Waals surface area contributed by atoms with Crippen molar-refractivity contribution < 1.29 is 50.5 Å². The molecule has 6 nitrogen and oxygen atoms in total. The highest BCUT2D eigenvalue weighted by Gasteiger charge is 2.46. The van der Waals surface area contributed by atoms with Crippen molar-refractivity contribution in [3.05, 3.63) is 53.1 Å². The first-order valence-electron chi connectivity index (χ1n) is 11.6. The number of carboxylic acid groups (broad SMARTS) is 1. The first-order valence-corrected chi connectivity index (χ1v) is 12.5. The standard InChI is InChI=1S/C25H25F6NO5S/c26-24(27,28)22-16(7-9-20(33)32-10-13-36-14-11-32)6-8-19(23(22)25(29,30)31)38-18-4-1-3-17(15-18)37-12-2-5-21(34)35/h1,3-4,6,8,15H,2,5,7,9-14H2,(H,34,35). The van der Waals surface area contributed by atoms with Gasteiger partial charge in [-0.25, -0.2) is 0 Å². The number of alkyl halides is 6. The summed E-state index contributed by atoms with van der Waals surface area (Å²) in [6.45, 7) is 1.17. The van der Waals surface area contributed by atoms with Gasteiger partial charge < -0.3 is 19.5 Å². The summed E-state index contributed by atoms with van der Waals surface area (Å²) in [6, 6.07) is 7.74. The molecule has 1 fully saturated rings. The lowest BCUT2D eigenvalue weighted by Crippen LogP contribution is -2.40. The van der Waals surface area contributed by atoms with E-state index in [0.29, 0.717) is 11.8 Å². The lowest BCUT2D eigenvalue weighted by molar-refractivity contribution is -0.164. The maximum absolute atomic E-state index is 14.1. The van der Waals surface area contributed by atoms with E-state index in [4.69, 9.17) is 14.6 Å². The van der Waals surface area contributed by atoms with Crippen molar-refractivity contribution in [1.29, 1.82) is 0 Å². The van der Waals surface area contributed by atoms with Gasteiger partial charge in [0.05, 0.1) is 30.9 Å². The van der Waals surface area contributed by atoms with E-state index in [9.17, 15) is 35.9 Å². The Morgan fingerprint density at radius 1 is 0.974 bits per heavy atom. The van der Waals surface area contributed by atoms with Crippen molar-refractivity contribution in [2.75, 3.05) is 32.9 Å². The summed E-state index contributed by atoms with van der Waals surface area (Å²) >= 11 is 0.502. The molecular weight excluding hydrogens is 540 g/mol. The summed E-state index contributed by atoms with van der Waals surface area (Å²) in [4.78, 5) is 24.0. The van der Waals surface area contributed by atoms with Gasteiger partial charge in [0.2, 0.25) is 5.91 Å². The molecule has 0 bridgehead atoms. The van der Waals surface area contributed by atoms with Crippen LogP contribution in [0.3, 0.4) is 0 Å². The number of hydrogen-bond donors (Lipinski definition) is 1. The molecule has 0 spiro atoms. The van der Waals surface area contributed by atoms with Crippen molar-refractivity contribution in [3.8, 4) is 5.75 Å². The largest absolute Gasteiger partial charge is 0.494 e. The zero-order chi connectivity index (χ0) is 27.9. The summed E-state index contributed by atoms with van der Waals surface area (Å²) in [7, 11) is 0. The van der Waals surface area contributed by atoms with Crippen molar-refractivity contribution in [2.24, 2.45) is 0 Å². The monoisotopic (exact) mass is 565 g/mol. The minimum atomic E-state index is -5.32. The molecule has 0 saturated carbocycles. The number of nitrogens with zero attached hydrogens (tertiary/aromatic N) is 1. The second-order valence-corrected chi connectivity index (χ2v) is 9.50. The van der Waals surface area contributed by atoms with Crippen LogP contribution in [0.15, 0.2) is 46.2 Å². The fourth-order valence-corrected chi connectivity index (χ4v) is 4.94. The highest BCUT2D eigenvalue weighted by molar-refractivity contribution is 7.99. The summed E-state index contributed by atoms with van der Waals surface area (Å²) in [5.74, 6) is -1.22. The smallest absolute Gasteiger partial charge is 0.418 e. The molecule has 0 unspecified atom stereocenters. The highest BCUT2D eigenvalue weighted by Crippen LogP contribution is 2.48. The first kappa shape index (κ1) is 29.6. The first-order chi connectivity index (χ1) is 17.9. The average Bonchev–Trinajstić information content (AvgIpc) is 2.85. The van der Waals surface area contributed by atoms with E-state index in [1.54, 1.807) is 0 Å². The third-order valence-corrected chi connectivity index (χ3v) is 6.68. The Morgan fingerprint density at radius 2 is 1.66 bits per heavy atom. The van der Waals surface area contributed by atoms with Crippen molar-refractivity contribution in [3.63, 3.8) is 0 Å². The van der Waals surface area contributed by atoms with Crippen LogP contribution in [-0.2, 0) is 33.1 Å². The number of carboxylic acids is 1. The summed E-state index contributed by atoms with van der Waals surface area (Å²) < 4.78 is 94.9. The second-order valence-electron chi connectivity index (χ2n) is 8.38. The summed E-state index contributed by atoms with van der Waals surface area (Å²) in [5.41, 5.74) is -4.21. The van der Waals surface area contributed by atoms with Crippen LogP contribution >= 0.6 is 11.8 Å². The molecule has 2 aromatic carbocycles. The lowest BCUT2D eigenvalue weighted by atomic mass is 9.96. The molecule has 2 aromatic rings. The molecule has 0 aliphatic carbocycles. The topological polar surface area (TPSA) is 76.1 Å². The number of rotatable bonds is 10. The predicted octanol–water partition coefficient (Wildman–Crippen LogP) is 5.91. The van der Waals surface area contributed by atoms with Gasteiger partial charge in [-0.05, 0) is 42.7 Å². The number of ether oxygens (including phenoxy) is 2. The normalized spacial score (nSPS) is 14.4. The van der Waals surface area contributed by atoms with Crippen LogP contribution in [0.4, 0.5) is 26.3 Å². The van der Waals surface area contributed by atoms with E-state index in [-0.39, 0.29) is 62.8 Å². The number of carbonyl (C=O) groups is 2. The second kappa shape index (κ2) is 12.7. The van der Waals surface area contributed by atoms with Gasteiger partial charge >= 0.3 is 18.3 Å². The van der Waals surface area contributed by atoms with Gasteiger partial charge in [0.25, 0.3) is 0 Å². The Labute approximate surface area is 218 Å². The number of hydrogen-bond acceptors (Lipinski definition) is 5. The quantitative estimate of drug-likeness (QED) is 0.285. The summed E-state index contributed by atoms with van der Waals surface area (Å²) in [6.07, 6.45) is -11.4. The maximum Gasteiger partial charge on any atom is 0.418 e. The molecule has 0 aromatic heterocycles. The molecule has 1 aliphatic rings. The number of morpholine rings is 1. The van der Waals surface area contributed by atoms with Crippen LogP contribution in [0.5, 0.6) is 5.75 Å². The average molecular weight is 566 g/mol. The molecule has 3 rings (SSSR count). The van der Waals surface area contributed by atoms with Crippen LogP contribution in [0.2, 0.25) is 0 Å². The van der Waals surface area contributed by atoms with Gasteiger partial charge in [-0.15, -0.1) is 0 Å². The lowest BCUT2D eigenvalue weighted by Gasteiger charge is -2.27. The fourth-order valence-electron chi connectivity index (χ4n) is 3.91. The summed E-state index contributed by atoms with van der Waals surface area (Å²) in [5, 5.41) is 8.68. The molecule has 38 heavy (non-hydrogen) atoms. The number of carbonyl (C=O) groups excluding carboxylic acids is 1. The van der Waals surface area contributed by atoms with E-state index < -0.39 is 52.2 Å². The molecule has 1 aliphatic heterocycles. The van der Waals surface area contributed by atoms with Gasteiger partial charge in [0.15, 0.2) is 0 Å². The Morgan fingerprint density at radius 3 is 2.29 bits per heavy atom. The van der Waals surface area contributed by atoms with Gasteiger partial charge in [0.1, 0.15) is 5.75 Å². The molecule has 208 valence electrons. The molecule has 0 atom stereocenters. The van der Waals surface area contributed by atoms with Crippen LogP contribution in [0.25, 0.3) is 0 Å². The van der Waals surface area contributed by atoms with E-state index in [1.165, 1.54) is 29.2 Å². The van der Waals surface area contributed by atoms with Crippen molar-refractivity contribution in [2.45, 2.75) is 47.8 Å². The van der Waals surface area contributed by atoms with Crippen LogP contribution in [0.1, 0.15) is 36.0 Å². The predicted molar refractivity (Wildman–Crippen MR) is 125 cm³/mol. The Bertz CT molecular complexity index is 1130. The van der Waals surface area contributed by atoms with Gasteiger partial charge in [-0.1, -0.05) is 23.9 Å². The van der Waals surface area contributed by atoms with E-state index in [0.717, 1.165) is 12.1 Å². The van der Waals surface area contributed by atoms with Gasteiger partial charge in [-0.2, -0.15) is 26.3 Å². The number of benzene rings is 2. The minimum absolute atomic E-state index is 0.0459. The Kier molecular flexibility index (Phi) is 9.94. The zero-order valence-electron chi connectivity index (χ0n) is 20.0. The Balaban J connectivity index is 1.87. The molecule has 1 amide bonds. The molecular formula is C25H25F6NO5S. The fraction of sp³-hybridized carbons (Fsp3) is 0.440. The van der Waals surface area contributed by atoms with Crippen molar-refractivity contribution in [1.82, 2.24) is 4.90 Å². The number of halogens is 6. The van der Waals surface area contributed by atoms with E-state index >= 15 is 0 Å². The van der Waals surface area contributed by atoms with Crippen molar-refractivity contribution >= 4 is 23.6 Å². The number of amides is 1. The minimum Gasteiger partial charge on any atom is -0.494 e. The van der Waals surface area contributed by atoms with E-state index in [2.05, 4.69) is 0 Å². The number of aryl methyl sites for hydroxylation is 1. The van der Waals surface area contributed by atoms with Crippen LogP contribution in [0, 0.1) is 0 Å². The maximum atomic E-state index is 14.1. The van der Waals surface area contributed by atoms with E-state index in [1.807, 2.05) is 0 Å². The molecule has 0 radical (unpaired) electrons. The SMILES string of the molecule is O=C(O)CCCOc1cccc(Sc2ccc(CCC(=O)N3CCOCC3)c(C(F)(F)F)c2C(F)(F)F)c1. The zero-order valence-corrected chi connectivity index (χ0v) is 20.8. The van der Waals surface area contributed by atoms with Crippen LogP contribution in [-0.4, -0.2) is 54.8 Å². The number of aliphatic carboxylic acids is 1. The Hall–Kier alpha value is -2.93. The molecule has 1 N–H and O–H groups in total. The molecule has 1 saturated heterocycles. The third-order valence-electron chi connectivity index (χ3n) is 5.63. The molecule has 13 heteroatoms. The van der Waals surface area contributed by atoms with Gasteiger partial charge in [-0.3, -0.25) is 9.59 Å². The highest BCUT2D eigenvalue weighted by atomic mass is 32.2. The van der Waals surface area contributed by atoms with Crippen LogP contribution < -0.4 is 4.74 Å². The molecule has 1 heterocycles. The van der Waals surface area contributed by atoms with Gasteiger partial charge in [0, 0.05) is 35.7 Å².